The molecule has 140 valence electrons. The fraction of sp³-hybridized carbons (Fsp3) is 0.350. The van der Waals surface area contributed by atoms with Gasteiger partial charge in [0.15, 0.2) is 5.96 Å². The number of ether oxygens (including phenoxy) is 2. The van der Waals surface area contributed by atoms with Crippen LogP contribution in [0.15, 0.2) is 47.5 Å². The first kappa shape index (κ1) is 20.5. The number of nitrogens with zero attached hydrogens (tertiary/aromatic N) is 1. The average Bonchev–Trinajstić information content (AvgIpc) is 3.08. The second kappa shape index (κ2) is 10.4. The number of rotatable bonds is 7. The molecule has 26 heavy (non-hydrogen) atoms. The van der Waals surface area contributed by atoms with Gasteiger partial charge in [-0.3, -0.25) is 0 Å². The lowest BCUT2D eigenvalue weighted by molar-refractivity contribution is 0.146. The van der Waals surface area contributed by atoms with Crippen LogP contribution in [0.2, 0.25) is 0 Å². The highest BCUT2D eigenvalue weighted by molar-refractivity contribution is 14.0. The van der Waals surface area contributed by atoms with Crippen molar-refractivity contribution in [3.05, 3.63) is 59.2 Å². The number of anilines is 1. The Balaban J connectivity index is 0.00000243. The van der Waals surface area contributed by atoms with Gasteiger partial charge in [-0.1, -0.05) is 18.2 Å². The number of nitrogens with two attached hydrogens (primary N) is 1. The van der Waals surface area contributed by atoms with Crippen molar-refractivity contribution in [3.8, 4) is 5.75 Å². The molecule has 3 rings (SSSR count). The molecule has 2 aromatic carbocycles. The maximum absolute atomic E-state index is 6.03. The number of halogens is 1. The van der Waals surface area contributed by atoms with Crippen LogP contribution in [0.3, 0.4) is 0 Å². The molecule has 0 unspecified atom stereocenters. The summed E-state index contributed by atoms with van der Waals surface area (Å²) in [7, 11) is 1.66. The molecular weight excluding hydrogens is 441 g/mol. The smallest absolute Gasteiger partial charge is 0.193 e. The van der Waals surface area contributed by atoms with Crippen LogP contribution in [-0.2, 0) is 24.1 Å². The van der Waals surface area contributed by atoms with E-state index < -0.39 is 0 Å². The van der Waals surface area contributed by atoms with Gasteiger partial charge in [0.2, 0.25) is 0 Å². The van der Waals surface area contributed by atoms with Crippen molar-refractivity contribution < 1.29 is 9.47 Å². The summed E-state index contributed by atoms with van der Waals surface area (Å²) < 4.78 is 10.6. The topological polar surface area (TPSA) is 68.9 Å². The van der Waals surface area contributed by atoms with Crippen molar-refractivity contribution in [3.63, 3.8) is 0 Å². The Labute approximate surface area is 172 Å². The van der Waals surface area contributed by atoms with Gasteiger partial charge in [-0.25, -0.2) is 4.99 Å². The molecule has 0 bridgehead atoms. The molecule has 1 aliphatic carbocycles. The van der Waals surface area contributed by atoms with Crippen molar-refractivity contribution in [2.24, 2.45) is 10.7 Å². The Bertz CT molecular complexity index is 750. The van der Waals surface area contributed by atoms with E-state index in [0.717, 1.165) is 23.4 Å². The summed E-state index contributed by atoms with van der Waals surface area (Å²) in [6, 6.07) is 14.3. The summed E-state index contributed by atoms with van der Waals surface area (Å²) in [6.07, 6.45) is 3.57. The molecule has 2 aromatic rings. The molecule has 0 saturated heterocycles. The van der Waals surface area contributed by atoms with Crippen LogP contribution < -0.4 is 15.8 Å². The second-order valence-electron chi connectivity index (χ2n) is 6.15. The molecule has 0 amide bonds. The molecule has 6 heteroatoms. The lowest BCUT2D eigenvalue weighted by Gasteiger charge is -2.09. The molecule has 5 nitrogen and oxygen atoms in total. The van der Waals surface area contributed by atoms with Crippen LogP contribution in [0, 0.1) is 0 Å². The number of guanidine groups is 1. The molecular formula is C20H26IN3O2. The Morgan fingerprint density at radius 1 is 1.12 bits per heavy atom. The highest BCUT2D eigenvalue weighted by Gasteiger charge is 2.10. The van der Waals surface area contributed by atoms with Crippen LogP contribution in [0.5, 0.6) is 5.75 Å². The monoisotopic (exact) mass is 467 g/mol. The van der Waals surface area contributed by atoms with Crippen LogP contribution in [0.25, 0.3) is 0 Å². The molecule has 0 aromatic heterocycles. The third kappa shape index (κ3) is 5.88. The predicted octanol–water partition coefficient (Wildman–Crippen LogP) is 3.75. The van der Waals surface area contributed by atoms with Crippen molar-refractivity contribution >= 4 is 35.6 Å². The van der Waals surface area contributed by atoms with Gasteiger partial charge < -0.3 is 20.5 Å². The molecule has 0 heterocycles. The van der Waals surface area contributed by atoms with E-state index in [9.17, 15) is 0 Å². The summed E-state index contributed by atoms with van der Waals surface area (Å²) in [4.78, 5) is 4.42. The molecule has 1 aliphatic rings. The molecule has 0 saturated carbocycles. The summed E-state index contributed by atoms with van der Waals surface area (Å²) in [5.41, 5.74) is 10.9. The van der Waals surface area contributed by atoms with Gasteiger partial charge in [-0.05, 0) is 60.2 Å². The lowest BCUT2D eigenvalue weighted by Crippen LogP contribution is -2.22. The lowest BCUT2D eigenvalue weighted by atomic mass is 10.1. The van der Waals surface area contributed by atoms with Crippen molar-refractivity contribution in [2.75, 3.05) is 25.6 Å². The zero-order chi connectivity index (χ0) is 17.5. The van der Waals surface area contributed by atoms with Crippen LogP contribution in [-0.4, -0.2) is 26.3 Å². The Hall–Kier alpha value is -1.80. The van der Waals surface area contributed by atoms with Crippen LogP contribution >= 0.6 is 24.0 Å². The van der Waals surface area contributed by atoms with Crippen LogP contribution in [0.1, 0.15) is 23.1 Å². The standard InChI is InChI=1S/C20H25N3O2.HI/c1-24-10-11-25-19-7-2-4-15(12-19)14-22-20(21)23-18-9-8-16-5-3-6-17(16)13-18;/h2,4,7-9,12-13H,3,5-6,10-11,14H2,1H3,(H3,21,22,23);1H. The maximum atomic E-state index is 6.03. The zero-order valence-electron chi connectivity index (χ0n) is 15.0. The van der Waals surface area contributed by atoms with Gasteiger partial charge in [-0.15, -0.1) is 24.0 Å². The number of methoxy groups -OCH3 is 1. The average molecular weight is 467 g/mol. The number of aliphatic imine (C=N–C) groups is 1. The fourth-order valence-electron chi connectivity index (χ4n) is 2.99. The molecule has 0 atom stereocenters. The van der Waals surface area contributed by atoms with E-state index in [0.29, 0.717) is 25.7 Å². The maximum Gasteiger partial charge on any atom is 0.193 e. The first-order valence-electron chi connectivity index (χ1n) is 8.64. The second-order valence-corrected chi connectivity index (χ2v) is 6.15. The van der Waals surface area contributed by atoms with Crippen molar-refractivity contribution in [1.82, 2.24) is 0 Å². The third-order valence-electron chi connectivity index (χ3n) is 4.26. The molecule has 0 fully saturated rings. The SMILES string of the molecule is COCCOc1cccc(CN=C(N)Nc2ccc3c(c2)CCC3)c1.I. The minimum absolute atomic E-state index is 0. The number of hydrogen-bond donors (Lipinski definition) is 2. The van der Waals surface area contributed by atoms with Crippen molar-refractivity contribution in [2.45, 2.75) is 25.8 Å². The quantitative estimate of drug-likeness (QED) is 0.282. The molecule has 0 radical (unpaired) electrons. The molecule has 3 N–H and O–H groups in total. The fourth-order valence-corrected chi connectivity index (χ4v) is 2.99. The first-order chi connectivity index (χ1) is 12.2. The third-order valence-corrected chi connectivity index (χ3v) is 4.26. The van der Waals surface area contributed by atoms with Gasteiger partial charge in [0.05, 0.1) is 13.2 Å². The van der Waals surface area contributed by atoms with Crippen molar-refractivity contribution in [1.29, 1.82) is 0 Å². The highest BCUT2D eigenvalue weighted by Crippen LogP contribution is 2.24. The number of benzene rings is 2. The number of aryl methyl sites for hydroxylation is 2. The number of nitrogens with one attached hydrogen (secondary N) is 1. The van der Waals surface area contributed by atoms with E-state index in [-0.39, 0.29) is 24.0 Å². The van der Waals surface area contributed by atoms with Gasteiger partial charge in [0, 0.05) is 12.8 Å². The van der Waals surface area contributed by atoms with E-state index in [4.69, 9.17) is 15.2 Å². The largest absolute Gasteiger partial charge is 0.491 e. The summed E-state index contributed by atoms with van der Waals surface area (Å²) >= 11 is 0. The zero-order valence-corrected chi connectivity index (χ0v) is 17.4. The van der Waals surface area contributed by atoms with E-state index in [1.165, 1.54) is 24.0 Å². The predicted molar refractivity (Wildman–Crippen MR) is 117 cm³/mol. The van der Waals surface area contributed by atoms with Gasteiger partial charge in [0.1, 0.15) is 12.4 Å². The van der Waals surface area contributed by atoms with E-state index >= 15 is 0 Å². The van der Waals surface area contributed by atoms with Gasteiger partial charge in [-0.2, -0.15) is 0 Å². The highest BCUT2D eigenvalue weighted by atomic mass is 127. The normalized spacial score (nSPS) is 13.0. The van der Waals surface area contributed by atoms with E-state index in [1.807, 2.05) is 24.3 Å². The van der Waals surface area contributed by atoms with Gasteiger partial charge >= 0.3 is 0 Å². The van der Waals surface area contributed by atoms with E-state index in [1.54, 1.807) is 7.11 Å². The van der Waals surface area contributed by atoms with Gasteiger partial charge in [0.25, 0.3) is 0 Å². The minimum Gasteiger partial charge on any atom is -0.491 e. The Morgan fingerprint density at radius 2 is 1.96 bits per heavy atom. The first-order valence-corrected chi connectivity index (χ1v) is 8.64. The van der Waals surface area contributed by atoms with Crippen LogP contribution in [0.4, 0.5) is 5.69 Å². The van der Waals surface area contributed by atoms with E-state index in [2.05, 4.69) is 28.5 Å². The molecule has 0 spiro atoms. The number of hydrogen-bond acceptors (Lipinski definition) is 3. The Morgan fingerprint density at radius 3 is 2.81 bits per heavy atom. The summed E-state index contributed by atoms with van der Waals surface area (Å²) in [5, 5.41) is 3.18. The summed E-state index contributed by atoms with van der Waals surface area (Å²) in [5.74, 6) is 1.23. The number of fused-ring (bicyclic) bond motifs is 1. The summed E-state index contributed by atoms with van der Waals surface area (Å²) in [6.45, 7) is 1.61. The Kier molecular flexibility index (Phi) is 8.18. The minimum atomic E-state index is 0. The molecule has 0 aliphatic heterocycles.